The molecule has 0 heterocycles. The van der Waals surface area contributed by atoms with Crippen LogP contribution in [0.4, 0.5) is 0 Å². The lowest BCUT2D eigenvalue weighted by Crippen LogP contribution is -1.90. The number of thioether (sulfide) groups is 1. The summed E-state index contributed by atoms with van der Waals surface area (Å²) in [7, 11) is 0. The molecule has 0 nitrogen and oxygen atoms in total. The monoisotopic (exact) mass is 212 g/mol. The second-order valence-corrected chi connectivity index (χ2v) is 4.11. The Balaban J connectivity index is 3.14. The van der Waals surface area contributed by atoms with Gasteiger partial charge in [0.1, 0.15) is 0 Å². The number of rotatable bonds is 3. The van der Waals surface area contributed by atoms with Crippen LogP contribution in [0.5, 0.6) is 0 Å². The average Bonchev–Trinajstić information content (AvgIpc) is 2.17. The van der Waals surface area contributed by atoms with Crippen LogP contribution in [0.3, 0.4) is 0 Å². The Kier molecular flexibility index (Phi) is 3.89. The molecule has 0 amide bonds. The van der Waals surface area contributed by atoms with Gasteiger partial charge in [0.25, 0.3) is 0 Å². The zero-order valence-corrected chi connectivity index (χ0v) is 9.45. The third-order valence-electron chi connectivity index (χ3n) is 2.06. The van der Waals surface area contributed by atoms with E-state index >= 15 is 0 Å². The van der Waals surface area contributed by atoms with Gasteiger partial charge in [0, 0.05) is 10.8 Å². The molecule has 1 aromatic rings. The van der Waals surface area contributed by atoms with E-state index in [4.69, 9.17) is 11.6 Å². The predicted molar refractivity (Wildman–Crippen MR) is 61.8 cm³/mol. The maximum atomic E-state index is 6.21. The molecule has 0 saturated heterocycles. The lowest BCUT2D eigenvalue weighted by atomic mass is 10.0. The molecule has 13 heavy (non-hydrogen) atoms. The van der Waals surface area contributed by atoms with Crippen molar-refractivity contribution in [3.05, 3.63) is 41.4 Å². The van der Waals surface area contributed by atoms with Crippen LogP contribution in [0, 0.1) is 0 Å². The molecule has 1 rings (SSSR count). The molecule has 0 aromatic heterocycles. The minimum atomic E-state index is 0.319. The van der Waals surface area contributed by atoms with E-state index in [9.17, 15) is 0 Å². The minimum absolute atomic E-state index is 0.319. The van der Waals surface area contributed by atoms with Gasteiger partial charge in [-0.1, -0.05) is 36.7 Å². The minimum Gasteiger partial charge on any atom is -0.128 e. The molecular formula is C11H13ClS. The fourth-order valence-electron chi connectivity index (χ4n) is 1.16. The van der Waals surface area contributed by atoms with Crippen LogP contribution < -0.4 is 0 Å². The molecule has 0 aliphatic rings. The maximum Gasteiger partial charge on any atom is 0.0579 e. The van der Waals surface area contributed by atoms with Crippen molar-refractivity contribution >= 4 is 23.4 Å². The van der Waals surface area contributed by atoms with Gasteiger partial charge in [-0.05, 0) is 17.9 Å². The van der Waals surface area contributed by atoms with Crippen LogP contribution in [-0.4, -0.2) is 6.26 Å². The molecular weight excluding hydrogens is 200 g/mol. The van der Waals surface area contributed by atoms with Gasteiger partial charge in [-0.2, -0.15) is 0 Å². The summed E-state index contributed by atoms with van der Waals surface area (Å²) >= 11 is 7.89. The van der Waals surface area contributed by atoms with Crippen molar-refractivity contribution in [3.8, 4) is 0 Å². The quantitative estimate of drug-likeness (QED) is 0.530. The van der Waals surface area contributed by atoms with Crippen molar-refractivity contribution in [2.24, 2.45) is 0 Å². The van der Waals surface area contributed by atoms with Crippen molar-refractivity contribution < 1.29 is 0 Å². The summed E-state index contributed by atoms with van der Waals surface area (Å²) in [5.41, 5.74) is 1.16. The zero-order valence-electron chi connectivity index (χ0n) is 7.88. The molecule has 0 aliphatic carbocycles. The van der Waals surface area contributed by atoms with Gasteiger partial charge < -0.3 is 0 Å². The van der Waals surface area contributed by atoms with Crippen molar-refractivity contribution in [2.45, 2.75) is 17.7 Å². The lowest BCUT2D eigenvalue weighted by Gasteiger charge is -2.11. The largest absolute Gasteiger partial charge is 0.128 e. The van der Waals surface area contributed by atoms with Crippen molar-refractivity contribution in [3.63, 3.8) is 0 Å². The molecule has 0 saturated carbocycles. The second kappa shape index (κ2) is 4.73. The zero-order chi connectivity index (χ0) is 9.84. The van der Waals surface area contributed by atoms with Crippen molar-refractivity contribution in [2.75, 3.05) is 6.26 Å². The molecule has 1 unspecified atom stereocenters. The fourth-order valence-corrected chi connectivity index (χ4v) is 2.21. The summed E-state index contributed by atoms with van der Waals surface area (Å²) < 4.78 is 0. The summed E-state index contributed by atoms with van der Waals surface area (Å²) in [6.07, 6.45) is 3.94. The molecule has 0 fully saturated rings. The molecule has 0 bridgehead atoms. The summed E-state index contributed by atoms with van der Waals surface area (Å²) in [6, 6.07) is 6.12. The highest BCUT2D eigenvalue weighted by Gasteiger charge is 2.08. The smallest absolute Gasteiger partial charge is 0.0579 e. The Morgan fingerprint density at radius 1 is 1.54 bits per heavy atom. The second-order valence-electron chi connectivity index (χ2n) is 2.89. The number of halogens is 1. The van der Waals surface area contributed by atoms with E-state index < -0.39 is 0 Å². The molecule has 1 aromatic carbocycles. The highest BCUT2D eigenvalue weighted by atomic mass is 35.5. The Morgan fingerprint density at radius 3 is 2.77 bits per heavy atom. The first-order valence-corrected chi connectivity index (χ1v) is 5.76. The van der Waals surface area contributed by atoms with E-state index in [1.165, 1.54) is 0 Å². The fraction of sp³-hybridized carbons (Fsp3) is 0.273. The van der Waals surface area contributed by atoms with Crippen LogP contribution in [0.1, 0.15) is 18.4 Å². The van der Waals surface area contributed by atoms with Crippen LogP contribution in [0.2, 0.25) is 5.02 Å². The first-order valence-electron chi connectivity index (χ1n) is 4.15. The average molecular weight is 213 g/mol. The van der Waals surface area contributed by atoms with Crippen molar-refractivity contribution in [1.82, 2.24) is 0 Å². The Morgan fingerprint density at radius 2 is 2.23 bits per heavy atom. The van der Waals surface area contributed by atoms with Crippen LogP contribution >= 0.6 is 23.4 Å². The van der Waals surface area contributed by atoms with Crippen LogP contribution in [0.15, 0.2) is 35.7 Å². The van der Waals surface area contributed by atoms with E-state index in [-0.39, 0.29) is 0 Å². The molecule has 70 valence electrons. The van der Waals surface area contributed by atoms with Gasteiger partial charge in [-0.3, -0.25) is 0 Å². The first kappa shape index (κ1) is 10.7. The molecule has 0 aliphatic heterocycles. The summed E-state index contributed by atoms with van der Waals surface area (Å²) in [6.45, 7) is 5.86. The van der Waals surface area contributed by atoms with Gasteiger partial charge in [0.15, 0.2) is 0 Å². The van der Waals surface area contributed by atoms with Gasteiger partial charge in [-0.15, -0.1) is 18.3 Å². The predicted octanol–water partition coefficient (Wildman–Crippen LogP) is 4.35. The van der Waals surface area contributed by atoms with E-state index in [0.29, 0.717) is 5.92 Å². The van der Waals surface area contributed by atoms with Gasteiger partial charge in [-0.25, -0.2) is 0 Å². The maximum absolute atomic E-state index is 6.21. The van der Waals surface area contributed by atoms with Gasteiger partial charge in [0.2, 0.25) is 0 Å². The third kappa shape index (κ3) is 2.29. The first-order chi connectivity index (χ1) is 6.20. The molecule has 0 N–H and O–H groups in total. The van der Waals surface area contributed by atoms with E-state index in [2.05, 4.69) is 19.6 Å². The summed E-state index contributed by atoms with van der Waals surface area (Å²) in [5, 5.41) is 0.863. The summed E-state index contributed by atoms with van der Waals surface area (Å²) in [4.78, 5) is 1.13. The lowest BCUT2D eigenvalue weighted by molar-refractivity contribution is 0.964. The van der Waals surface area contributed by atoms with Gasteiger partial charge >= 0.3 is 0 Å². The summed E-state index contributed by atoms with van der Waals surface area (Å²) in [5.74, 6) is 0.319. The highest BCUT2D eigenvalue weighted by molar-refractivity contribution is 7.98. The molecule has 1 atom stereocenters. The van der Waals surface area contributed by atoms with E-state index in [0.717, 1.165) is 15.5 Å². The van der Waals surface area contributed by atoms with E-state index in [1.54, 1.807) is 11.8 Å². The Hall–Kier alpha value is -0.400. The normalized spacial score (nSPS) is 12.5. The van der Waals surface area contributed by atoms with Crippen molar-refractivity contribution in [1.29, 1.82) is 0 Å². The third-order valence-corrected chi connectivity index (χ3v) is 3.37. The Bertz CT molecular complexity index is 307. The highest BCUT2D eigenvalue weighted by Crippen LogP contribution is 2.32. The SMILES string of the molecule is C=CC(C)c1cccc(SC)c1Cl. The van der Waals surface area contributed by atoms with Crippen LogP contribution in [0.25, 0.3) is 0 Å². The van der Waals surface area contributed by atoms with E-state index in [1.807, 2.05) is 24.5 Å². The molecule has 2 heteroatoms. The number of hydrogen-bond donors (Lipinski definition) is 0. The number of allylic oxidation sites excluding steroid dienone is 1. The molecule has 0 radical (unpaired) electrons. The topological polar surface area (TPSA) is 0 Å². The Labute approximate surface area is 89.0 Å². The van der Waals surface area contributed by atoms with Gasteiger partial charge in [0.05, 0.1) is 5.02 Å². The standard InChI is InChI=1S/C11H13ClS/c1-4-8(2)9-6-5-7-10(13-3)11(9)12/h4-8H,1H2,2-3H3. The molecule has 0 spiro atoms. The van der Waals surface area contributed by atoms with Crippen LogP contribution in [-0.2, 0) is 0 Å². The number of hydrogen-bond acceptors (Lipinski definition) is 1. The number of benzene rings is 1.